The lowest BCUT2D eigenvalue weighted by molar-refractivity contribution is -0.139. The number of carboxylic acid groups (broad SMARTS) is 1. The van der Waals surface area contributed by atoms with Crippen LogP contribution in [0.2, 0.25) is 0 Å². The predicted molar refractivity (Wildman–Crippen MR) is 59.3 cm³/mol. The van der Waals surface area contributed by atoms with Crippen LogP contribution < -0.4 is 0 Å². The zero-order valence-corrected chi connectivity index (χ0v) is 9.75. The van der Waals surface area contributed by atoms with Gasteiger partial charge in [0.05, 0.1) is 17.9 Å². The quantitative estimate of drug-likeness (QED) is 0.626. The molecular weight excluding hydrogens is 190 g/mol. The molecule has 0 heterocycles. The van der Waals surface area contributed by atoms with Crippen LogP contribution in [0.4, 0.5) is 0 Å². The highest BCUT2D eigenvalue weighted by Crippen LogP contribution is 2.32. The molecule has 0 radical (unpaired) electrons. The topological polar surface area (TPSA) is 61.1 Å². The van der Waals surface area contributed by atoms with E-state index < -0.39 is 11.4 Å². The van der Waals surface area contributed by atoms with Crippen molar-refractivity contribution in [2.24, 2.45) is 5.41 Å². The van der Waals surface area contributed by atoms with Gasteiger partial charge in [0.1, 0.15) is 0 Å². The van der Waals surface area contributed by atoms with Gasteiger partial charge in [-0.1, -0.05) is 39.5 Å². The summed E-state index contributed by atoms with van der Waals surface area (Å²) in [6, 6.07) is 2.19. The highest BCUT2D eigenvalue weighted by Gasteiger charge is 2.30. The summed E-state index contributed by atoms with van der Waals surface area (Å²) in [7, 11) is 0. The van der Waals surface area contributed by atoms with E-state index in [1.807, 2.05) is 6.92 Å². The van der Waals surface area contributed by atoms with Gasteiger partial charge >= 0.3 is 5.97 Å². The average Bonchev–Trinajstić information content (AvgIpc) is 2.22. The number of rotatable bonds is 8. The van der Waals surface area contributed by atoms with E-state index in [1.54, 1.807) is 0 Å². The standard InChI is InChI=1S/C12H21NO2/c1-3-5-6-7-8-12(4-2,10-13)9-11(14)15/h3-9H2,1-2H3,(H,14,15). The first-order valence-corrected chi connectivity index (χ1v) is 5.73. The summed E-state index contributed by atoms with van der Waals surface area (Å²) in [5.74, 6) is -0.867. The number of hydrogen-bond donors (Lipinski definition) is 1. The van der Waals surface area contributed by atoms with Crippen molar-refractivity contribution >= 4 is 5.97 Å². The van der Waals surface area contributed by atoms with Gasteiger partial charge in [0, 0.05) is 0 Å². The van der Waals surface area contributed by atoms with Crippen LogP contribution in [-0.4, -0.2) is 11.1 Å². The minimum absolute atomic E-state index is 0.0217. The van der Waals surface area contributed by atoms with Crippen molar-refractivity contribution < 1.29 is 9.90 Å². The number of nitriles is 1. The van der Waals surface area contributed by atoms with Crippen LogP contribution in [-0.2, 0) is 4.79 Å². The molecule has 0 amide bonds. The number of carboxylic acids is 1. The maximum Gasteiger partial charge on any atom is 0.304 e. The zero-order valence-electron chi connectivity index (χ0n) is 9.75. The Morgan fingerprint density at radius 1 is 1.33 bits per heavy atom. The lowest BCUT2D eigenvalue weighted by Gasteiger charge is -2.22. The minimum Gasteiger partial charge on any atom is -0.481 e. The summed E-state index contributed by atoms with van der Waals surface area (Å²) in [6.07, 6.45) is 5.70. The van der Waals surface area contributed by atoms with Gasteiger partial charge in [0.2, 0.25) is 0 Å². The number of hydrogen-bond acceptors (Lipinski definition) is 2. The fraction of sp³-hybridized carbons (Fsp3) is 0.833. The van der Waals surface area contributed by atoms with E-state index in [1.165, 1.54) is 0 Å². The molecule has 1 unspecified atom stereocenters. The maximum atomic E-state index is 10.7. The highest BCUT2D eigenvalue weighted by molar-refractivity contribution is 5.68. The second-order valence-electron chi connectivity index (χ2n) is 4.13. The van der Waals surface area contributed by atoms with E-state index in [4.69, 9.17) is 10.4 Å². The van der Waals surface area contributed by atoms with Crippen molar-refractivity contribution in [2.75, 3.05) is 0 Å². The number of aliphatic carboxylic acids is 1. The van der Waals surface area contributed by atoms with Crippen molar-refractivity contribution in [3.8, 4) is 6.07 Å². The van der Waals surface area contributed by atoms with Crippen LogP contribution in [0.25, 0.3) is 0 Å². The summed E-state index contributed by atoms with van der Waals surface area (Å²) in [4.78, 5) is 10.7. The molecule has 15 heavy (non-hydrogen) atoms. The summed E-state index contributed by atoms with van der Waals surface area (Å²) >= 11 is 0. The Hall–Kier alpha value is -1.04. The summed E-state index contributed by atoms with van der Waals surface area (Å²) in [5, 5.41) is 17.8. The zero-order chi connectivity index (χ0) is 11.7. The molecule has 0 aromatic rings. The summed E-state index contributed by atoms with van der Waals surface area (Å²) in [6.45, 7) is 4.03. The second-order valence-corrected chi connectivity index (χ2v) is 4.13. The average molecular weight is 211 g/mol. The van der Waals surface area contributed by atoms with Crippen LogP contribution >= 0.6 is 0 Å². The first-order chi connectivity index (χ1) is 7.10. The largest absolute Gasteiger partial charge is 0.481 e. The molecule has 0 spiro atoms. The normalized spacial score (nSPS) is 14.2. The van der Waals surface area contributed by atoms with Crippen molar-refractivity contribution in [1.82, 2.24) is 0 Å². The molecule has 0 saturated heterocycles. The number of unbranched alkanes of at least 4 members (excludes halogenated alkanes) is 3. The summed E-state index contributed by atoms with van der Waals surface area (Å²) < 4.78 is 0. The minimum atomic E-state index is -0.867. The molecule has 3 heteroatoms. The fourth-order valence-corrected chi connectivity index (χ4v) is 1.74. The van der Waals surface area contributed by atoms with Gasteiger partial charge in [0.15, 0.2) is 0 Å². The van der Waals surface area contributed by atoms with Crippen LogP contribution in [0.1, 0.15) is 58.8 Å². The molecule has 0 aliphatic heterocycles. The second kappa shape index (κ2) is 7.28. The number of carbonyl (C=O) groups is 1. The lowest BCUT2D eigenvalue weighted by atomic mass is 9.78. The van der Waals surface area contributed by atoms with Gasteiger partial charge in [-0.15, -0.1) is 0 Å². The Morgan fingerprint density at radius 3 is 2.40 bits per heavy atom. The first kappa shape index (κ1) is 14.0. The van der Waals surface area contributed by atoms with Gasteiger partial charge in [-0.25, -0.2) is 0 Å². The molecule has 1 N–H and O–H groups in total. The molecule has 0 aromatic heterocycles. The van der Waals surface area contributed by atoms with E-state index in [9.17, 15) is 4.79 Å². The molecule has 0 rings (SSSR count). The molecule has 0 aliphatic carbocycles. The highest BCUT2D eigenvalue weighted by atomic mass is 16.4. The Labute approximate surface area is 92.1 Å². The fourth-order valence-electron chi connectivity index (χ4n) is 1.74. The van der Waals surface area contributed by atoms with Crippen molar-refractivity contribution in [1.29, 1.82) is 5.26 Å². The Bertz CT molecular complexity index is 232. The van der Waals surface area contributed by atoms with E-state index in [0.717, 1.165) is 25.7 Å². The predicted octanol–water partition coefficient (Wildman–Crippen LogP) is 3.35. The van der Waals surface area contributed by atoms with Crippen molar-refractivity contribution in [3.63, 3.8) is 0 Å². The SMILES string of the molecule is CCCCCCC(C#N)(CC)CC(=O)O. The molecule has 0 saturated carbocycles. The van der Waals surface area contributed by atoms with Gasteiger partial charge in [-0.3, -0.25) is 4.79 Å². The third kappa shape index (κ3) is 5.41. The van der Waals surface area contributed by atoms with Gasteiger partial charge < -0.3 is 5.11 Å². The maximum absolute atomic E-state index is 10.7. The molecule has 0 fully saturated rings. The lowest BCUT2D eigenvalue weighted by Crippen LogP contribution is -2.21. The third-order valence-electron chi connectivity index (χ3n) is 2.91. The number of nitrogens with zero attached hydrogens (tertiary/aromatic N) is 1. The molecular formula is C12H21NO2. The molecule has 0 aromatic carbocycles. The van der Waals surface area contributed by atoms with E-state index >= 15 is 0 Å². The van der Waals surface area contributed by atoms with Crippen LogP contribution in [0.3, 0.4) is 0 Å². The monoisotopic (exact) mass is 211 g/mol. The van der Waals surface area contributed by atoms with Crippen molar-refractivity contribution in [2.45, 2.75) is 58.8 Å². The Morgan fingerprint density at radius 2 is 2.00 bits per heavy atom. The molecule has 86 valence electrons. The van der Waals surface area contributed by atoms with Gasteiger partial charge in [-0.2, -0.15) is 5.26 Å². The third-order valence-corrected chi connectivity index (χ3v) is 2.91. The van der Waals surface area contributed by atoms with E-state index in [-0.39, 0.29) is 6.42 Å². The van der Waals surface area contributed by atoms with E-state index in [2.05, 4.69) is 13.0 Å². The summed E-state index contributed by atoms with van der Waals surface area (Å²) in [5.41, 5.74) is -0.639. The van der Waals surface area contributed by atoms with Crippen molar-refractivity contribution in [3.05, 3.63) is 0 Å². The van der Waals surface area contributed by atoms with Crippen LogP contribution in [0.15, 0.2) is 0 Å². The van der Waals surface area contributed by atoms with E-state index in [0.29, 0.717) is 12.8 Å². The molecule has 0 aliphatic rings. The first-order valence-electron chi connectivity index (χ1n) is 5.73. The van der Waals surface area contributed by atoms with Gasteiger partial charge in [-0.05, 0) is 12.8 Å². The van der Waals surface area contributed by atoms with Crippen LogP contribution in [0, 0.1) is 16.7 Å². The molecule has 3 nitrogen and oxygen atoms in total. The Kier molecular flexibility index (Phi) is 6.77. The molecule has 0 bridgehead atoms. The van der Waals surface area contributed by atoms with Crippen LogP contribution in [0.5, 0.6) is 0 Å². The smallest absolute Gasteiger partial charge is 0.304 e. The van der Waals surface area contributed by atoms with Gasteiger partial charge in [0.25, 0.3) is 0 Å². The molecule has 1 atom stereocenters. The Balaban J connectivity index is 4.14.